The van der Waals surface area contributed by atoms with Crippen molar-refractivity contribution in [1.82, 2.24) is 0 Å². The van der Waals surface area contributed by atoms with Gasteiger partial charge in [-0.3, -0.25) is 0 Å². The largest absolute Gasteiger partial charge is 0.0654 e. The Morgan fingerprint density at radius 1 is 1.00 bits per heavy atom. The highest BCUT2D eigenvalue weighted by molar-refractivity contribution is 4.85. The van der Waals surface area contributed by atoms with E-state index in [-0.39, 0.29) is 0 Å². The second-order valence-corrected chi connectivity index (χ2v) is 4.46. The Labute approximate surface area is 86.9 Å². The van der Waals surface area contributed by atoms with E-state index < -0.39 is 6.37 Å². The lowest BCUT2D eigenvalue weighted by Crippen LogP contribution is -1.84. The van der Waals surface area contributed by atoms with Crippen LogP contribution in [0, 0.1) is 11.8 Å². The first-order valence-corrected chi connectivity index (χ1v) is 6.09. The molecule has 0 aromatic carbocycles. The van der Waals surface area contributed by atoms with Gasteiger partial charge in [0.2, 0.25) is 0 Å². The van der Waals surface area contributed by atoms with Crippen LogP contribution in [0.2, 0.25) is 0 Å². The standard InChI is InChI=1S/C13H26/c1-3-5-6-7-8-10-13-11-12(13)9-4-2/h12-13H,3-11H2,1-2H3/i8D2. The molecular weight excluding hydrogens is 156 g/mol. The van der Waals surface area contributed by atoms with E-state index in [1.807, 2.05) is 0 Å². The molecule has 1 aliphatic rings. The average Bonchev–Trinajstić information content (AvgIpc) is 2.83. The quantitative estimate of drug-likeness (QED) is 0.476. The second kappa shape index (κ2) is 6.45. The monoisotopic (exact) mass is 184 g/mol. The Morgan fingerprint density at radius 2 is 1.77 bits per heavy atom. The summed E-state index contributed by atoms with van der Waals surface area (Å²) in [7, 11) is 0. The van der Waals surface area contributed by atoms with E-state index in [4.69, 9.17) is 2.74 Å². The van der Waals surface area contributed by atoms with E-state index in [9.17, 15) is 0 Å². The zero-order valence-electron chi connectivity index (χ0n) is 11.3. The molecule has 0 spiro atoms. The molecule has 0 aromatic heterocycles. The van der Waals surface area contributed by atoms with Crippen molar-refractivity contribution >= 4 is 0 Å². The summed E-state index contributed by atoms with van der Waals surface area (Å²) < 4.78 is 15.9. The van der Waals surface area contributed by atoms with Crippen LogP contribution in [0.1, 0.15) is 74.3 Å². The lowest BCUT2D eigenvalue weighted by molar-refractivity contribution is 0.542. The third-order valence-corrected chi connectivity index (χ3v) is 3.09. The van der Waals surface area contributed by atoms with Crippen molar-refractivity contribution in [2.75, 3.05) is 0 Å². The van der Waals surface area contributed by atoms with E-state index in [1.165, 1.54) is 32.1 Å². The zero-order valence-corrected chi connectivity index (χ0v) is 9.31. The predicted octanol–water partition coefficient (Wildman–Crippen LogP) is 4.78. The molecule has 0 saturated heterocycles. The molecular formula is C13H26. The van der Waals surface area contributed by atoms with E-state index >= 15 is 0 Å². The van der Waals surface area contributed by atoms with Crippen molar-refractivity contribution < 1.29 is 2.74 Å². The maximum absolute atomic E-state index is 7.96. The maximum Gasteiger partial charge on any atom is 0.0267 e. The van der Waals surface area contributed by atoms with Crippen molar-refractivity contribution in [2.24, 2.45) is 11.8 Å². The van der Waals surface area contributed by atoms with Gasteiger partial charge in [-0.1, -0.05) is 65.2 Å². The van der Waals surface area contributed by atoms with Crippen LogP contribution in [0.15, 0.2) is 0 Å². The van der Waals surface area contributed by atoms with Crippen molar-refractivity contribution in [3.63, 3.8) is 0 Å². The van der Waals surface area contributed by atoms with Gasteiger partial charge < -0.3 is 0 Å². The van der Waals surface area contributed by atoms with Gasteiger partial charge in [-0.15, -0.1) is 0 Å². The fraction of sp³-hybridized carbons (Fsp3) is 1.00. The van der Waals surface area contributed by atoms with Gasteiger partial charge in [0.25, 0.3) is 0 Å². The van der Waals surface area contributed by atoms with Gasteiger partial charge in [-0.25, -0.2) is 0 Å². The number of unbranched alkanes of at least 4 members (excludes halogenated alkanes) is 2. The molecule has 2 unspecified atom stereocenters. The molecule has 1 rings (SSSR count). The highest BCUT2D eigenvalue weighted by Gasteiger charge is 2.34. The normalized spacial score (nSPS) is 29.7. The van der Waals surface area contributed by atoms with E-state index in [2.05, 4.69) is 13.8 Å². The summed E-state index contributed by atoms with van der Waals surface area (Å²) in [5.74, 6) is 1.57. The highest BCUT2D eigenvalue weighted by atomic mass is 14.4. The van der Waals surface area contributed by atoms with Gasteiger partial charge in [0.1, 0.15) is 0 Å². The van der Waals surface area contributed by atoms with Crippen LogP contribution < -0.4 is 0 Å². The first-order chi connectivity index (χ1) is 7.09. The molecule has 1 saturated carbocycles. The molecule has 0 bridgehead atoms. The van der Waals surface area contributed by atoms with Gasteiger partial charge in [-0.05, 0) is 18.3 Å². The summed E-state index contributed by atoms with van der Waals surface area (Å²) in [6.07, 6.45) is 8.02. The first-order valence-electron chi connectivity index (χ1n) is 7.09. The number of hydrogen-bond donors (Lipinski definition) is 0. The number of rotatable bonds is 8. The van der Waals surface area contributed by atoms with Gasteiger partial charge >= 0.3 is 0 Å². The molecule has 1 aliphatic carbocycles. The van der Waals surface area contributed by atoms with Crippen LogP contribution in [0.5, 0.6) is 0 Å². The lowest BCUT2D eigenvalue weighted by Gasteiger charge is -1.99. The van der Waals surface area contributed by atoms with Crippen molar-refractivity contribution in [2.45, 2.75) is 71.6 Å². The maximum atomic E-state index is 7.96. The molecule has 0 N–H and O–H groups in total. The fourth-order valence-electron chi connectivity index (χ4n) is 2.07. The topological polar surface area (TPSA) is 0 Å². The molecule has 0 aliphatic heterocycles. The van der Waals surface area contributed by atoms with Gasteiger partial charge in [0, 0.05) is 2.74 Å². The summed E-state index contributed by atoms with van der Waals surface area (Å²) in [5.41, 5.74) is 0. The molecule has 0 heterocycles. The van der Waals surface area contributed by atoms with E-state index in [1.54, 1.807) is 0 Å². The molecule has 0 radical (unpaired) electrons. The Bertz CT molecular complexity index is 177. The first kappa shape index (κ1) is 8.32. The second-order valence-electron chi connectivity index (χ2n) is 4.46. The summed E-state index contributed by atoms with van der Waals surface area (Å²) in [6.45, 7) is 4.40. The summed E-state index contributed by atoms with van der Waals surface area (Å²) in [6, 6.07) is 0. The average molecular weight is 184 g/mol. The summed E-state index contributed by atoms with van der Waals surface area (Å²) in [5, 5.41) is 0. The van der Waals surface area contributed by atoms with Gasteiger partial charge in [0.05, 0.1) is 0 Å². The van der Waals surface area contributed by atoms with Crippen LogP contribution in [0.4, 0.5) is 0 Å². The Hall–Kier alpha value is 0. The molecule has 0 aromatic rings. The molecule has 0 amide bonds. The third kappa shape index (κ3) is 4.69. The van der Waals surface area contributed by atoms with E-state index in [0.717, 1.165) is 25.2 Å². The van der Waals surface area contributed by atoms with Crippen molar-refractivity contribution in [3.8, 4) is 0 Å². The Morgan fingerprint density at radius 3 is 2.46 bits per heavy atom. The minimum atomic E-state index is -0.887. The van der Waals surface area contributed by atoms with Crippen LogP contribution in [0.25, 0.3) is 0 Å². The smallest absolute Gasteiger partial charge is 0.0267 e. The minimum absolute atomic E-state index is 0.710. The fourth-order valence-corrected chi connectivity index (χ4v) is 2.07. The van der Waals surface area contributed by atoms with Crippen molar-refractivity contribution in [3.05, 3.63) is 0 Å². The Balaban J connectivity index is 2.13. The third-order valence-electron chi connectivity index (χ3n) is 3.09. The van der Waals surface area contributed by atoms with Crippen LogP contribution in [-0.4, -0.2) is 0 Å². The Kier molecular flexibility index (Phi) is 4.13. The molecule has 0 heteroatoms. The van der Waals surface area contributed by atoms with Crippen LogP contribution >= 0.6 is 0 Å². The van der Waals surface area contributed by atoms with Crippen LogP contribution in [-0.2, 0) is 0 Å². The molecule has 1 fully saturated rings. The lowest BCUT2D eigenvalue weighted by atomic mass is 10.1. The molecule has 78 valence electrons. The minimum Gasteiger partial charge on any atom is -0.0654 e. The summed E-state index contributed by atoms with van der Waals surface area (Å²) in [4.78, 5) is 0. The summed E-state index contributed by atoms with van der Waals surface area (Å²) >= 11 is 0. The molecule has 13 heavy (non-hydrogen) atoms. The number of hydrogen-bond acceptors (Lipinski definition) is 0. The van der Waals surface area contributed by atoms with Gasteiger partial charge in [-0.2, -0.15) is 0 Å². The van der Waals surface area contributed by atoms with Crippen LogP contribution in [0.3, 0.4) is 0 Å². The predicted molar refractivity (Wildman–Crippen MR) is 59.9 cm³/mol. The van der Waals surface area contributed by atoms with Gasteiger partial charge in [0.15, 0.2) is 0 Å². The van der Waals surface area contributed by atoms with Crippen molar-refractivity contribution in [1.29, 1.82) is 0 Å². The molecule has 2 atom stereocenters. The SMILES string of the molecule is [2H]C([2H])(CCCCC)CC1CC1CCC. The highest BCUT2D eigenvalue weighted by Crippen LogP contribution is 2.45. The molecule has 0 nitrogen and oxygen atoms in total. The van der Waals surface area contributed by atoms with E-state index in [0.29, 0.717) is 5.92 Å². The zero-order chi connectivity index (χ0) is 11.3.